The maximum atomic E-state index is 13.3. The van der Waals surface area contributed by atoms with Crippen LogP contribution >= 0.6 is 31.9 Å². The van der Waals surface area contributed by atoms with Crippen LogP contribution in [0.4, 0.5) is 10.1 Å². The number of rotatable bonds is 2. The van der Waals surface area contributed by atoms with E-state index in [9.17, 15) is 4.39 Å². The standard InChI is InChI=1S/C16H14Br2FN/c17-12-3-1-11-8-14(5-2-10(11)7-12)20-16-9-13(19)4-6-15(16)18/h1,3-4,6-7,9,14,20H,2,5,8H2. The summed E-state index contributed by atoms with van der Waals surface area (Å²) in [6, 6.07) is 11.5. The third-order valence-corrected chi connectivity index (χ3v) is 4.87. The molecule has 0 spiro atoms. The first-order valence-corrected chi connectivity index (χ1v) is 8.19. The zero-order valence-electron chi connectivity index (χ0n) is 10.8. The van der Waals surface area contributed by atoms with Gasteiger partial charge in [-0.25, -0.2) is 4.39 Å². The van der Waals surface area contributed by atoms with Crippen LogP contribution in [0.1, 0.15) is 17.5 Å². The molecule has 0 amide bonds. The van der Waals surface area contributed by atoms with E-state index in [2.05, 4.69) is 55.4 Å². The maximum absolute atomic E-state index is 13.3. The van der Waals surface area contributed by atoms with Crippen molar-refractivity contribution in [2.75, 3.05) is 5.32 Å². The number of hydrogen-bond acceptors (Lipinski definition) is 1. The molecular formula is C16H14Br2FN. The summed E-state index contributed by atoms with van der Waals surface area (Å²) in [5, 5.41) is 3.45. The van der Waals surface area contributed by atoms with Gasteiger partial charge in [-0.3, -0.25) is 0 Å². The van der Waals surface area contributed by atoms with Crippen molar-refractivity contribution in [3.05, 3.63) is 62.3 Å². The molecule has 1 unspecified atom stereocenters. The van der Waals surface area contributed by atoms with Crippen molar-refractivity contribution in [1.29, 1.82) is 0 Å². The van der Waals surface area contributed by atoms with Crippen molar-refractivity contribution >= 4 is 37.5 Å². The lowest BCUT2D eigenvalue weighted by molar-refractivity contribution is 0.606. The molecule has 0 radical (unpaired) electrons. The fourth-order valence-electron chi connectivity index (χ4n) is 2.67. The lowest BCUT2D eigenvalue weighted by atomic mass is 9.88. The Morgan fingerprint density at radius 2 is 1.90 bits per heavy atom. The third kappa shape index (κ3) is 3.07. The van der Waals surface area contributed by atoms with Gasteiger partial charge in [0.15, 0.2) is 0 Å². The van der Waals surface area contributed by atoms with Crippen LogP contribution in [0.2, 0.25) is 0 Å². The normalized spacial score (nSPS) is 17.6. The minimum absolute atomic E-state index is 0.212. The first-order chi connectivity index (χ1) is 9.61. The van der Waals surface area contributed by atoms with Crippen LogP contribution in [-0.2, 0) is 12.8 Å². The quantitative estimate of drug-likeness (QED) is 0.721. The highest BCUT2D eigenvalue weighted by Gasteiger charge is 2.19. The van der Waals surface area contributed by atoms with E-state index in [4.69, 9.17) is 0 Å². The van der Waals surface area contributed by atoms with Gasteiger partial charge in [-0.15, -0.1) is 0 Å². The molecule has 0 aliphatic heterocycles. The molecule has 3 rings (SSSR count). The summed E-state index contributed by atoms with van der Waals surface area (Å²) in [5.41, 5.74) is 3.62. The molecule has 0 saturated heterocycles. The van der Waals surface area contributed by atoms with Gasteiger partial charge in [-0.1, -0.05) is 22.0 Å². The Balaban J connectivity index is 1.77. The predicted molar refractivity (Wildman–Crippen MR) is 87.7 cm³/mol. The number of hydrogen-bond donors (Lipinski definition) is 1. The first-order valence-electron chi connectivity index (χ1n) is 6.61. The molecule has 20 heavy (non-hydrogen) atoms. The van der Waals surface area contributed by atoms with E-state index in [1.165, 1.54) is 17.2 Å². The molecule has 0 aromatic heterocycles. The molecule has 2 aromatic rings. The van der Waals surface area contributed by atoms with Crippen LogP contribution in [0.15, 0.2) is 45.3 Å². The Morgan fingerprint density at radius 1 is 1.05 bits per heavy atom. The lowest BCUT2D eigenvalue weighted by Gasteiger charge is -2.27. The summed E-state index contributed by atoms with van der Waals surface area (Å²) in [6.07, 6.45) is 3.09. The maximum Gasteiger partial charge on any atom is 0.125 e. The van der Waals surface area contributed by atoms with Gasteiger partial charge in [0, 0.05) is 15.0 Å². The van der Waals surface area contributed by atoms with Crippen molar-refractivity contribution in [3.63, 3.8) is 0 Å². The summed E-state index contributed by atoms with van der Waals surface area (Å²) in [4.78, 5) is 0. The second-order valence-corrected chi connectivity index (χ2v) is 6.89. The minimum Gasteiger partial charge on any atom is -0.381 e. The molecule has 1 aliphatic rings. The van der Waals surface area contributed by atoms with Crippen molar-refractivity contribution in [2.45, 2.75) is 25.3 Å². The van der Waals surface area contributed by atoms with Gasteiger partial charge < -0.3 is 5.32 Å². The largest absolute Gasteiger partial charge is 0.381 e. The molecule has 104 valence electrons. The summed E-state index contributed by atoms with van der Waals surface area (Å²) in [6.45, 7) is 0. The van der Waals surface area contributed by atoms with Crippen molar-refractivity contribution in [1.82, 2.24) is 0 Å². The van der Waals surface area contributed by atoms with Crippen LogP contribution in [0.25, 0.3) is 0 Å². The van der Waals surface area contributed by atoms with E-state index in [-0.39, 0.29) is 5.82 Å². The second kappa shape index (κ2) is 5.86. The van der Waals surface area contributed by atoms with Gasteiger partial charge in [0.1, 0.15) is 5.82 Å². The molecule has 0 fully saturated rings. The van der Waals surface area contributed by atoms with Gasteiger partial charge >= 0.3 is 0 Å². The van der Waals surface area contributed by atoms with E-state index in [1.54, 1.807) is 12.1 Å². The van der Waals surface area contributed by atoms with Crippen LogP contribution in [-0.4, -0.2) is 6.04 Å². The van der Waals surface area contributed by atoms with E-state index in [1.807, 2.05) is 0 Å². The number of anilines is 1. The molecule has 4 heteroatoms. The van der Waals surface area contributed by atoms with Crippen LogP contribution in [0.5, 0.6) is 0 Å². The minimum atomic E-state index is -0.212. The van der Waals surface area contributed by atoms with E-state index >= 15 is 0 Å². The van der Waals surface area contributed by atoms with Crippen LogP contribution in [0.3, 0.4) is 0 Å². The zero-order chi connectivity index (χ0) is 14.1. The summed E-state index contributed by atoms with van der Waals surface area (Å²) < 4.78 is 15.4. The Hall–Kier alpha value is -0.870. The average Bonchev–Trinajstić information content (AvgIpc) is 2.43. The van der Waals surface area contributed by atoms with Gasteiger partial charge in [0.05, 0.1) is 5.69 Å². The summed E-state index contributed by atoms with van der Waals surface area (Å²) >= 11 is 6.98. The highest BCUT2D eigenvalue weighted by Crippen LogP contribution is 2.29. The molecule has 1 nitrogen and oxygen atoms in total. The van der Waals surface area contributed by atoms with E-state index in [0.29, 0.717) is 6.04 Å². The fourth-order valence-corrected chi connectivity index (χ4v) is 3.44. The molecule has 2 aromatic carbocycles. The summed E-state index contributed by atoms with van der Waals surface area (Å²) in [7, 11) is 0. The highest BCUT2D eigenvalue weighted by atomic mass is 79.9. The number of benzene rings is 2. The molecule has 0 bridgehead atoms. The number of aryl methyl sites for hydroxylation is 1. The Bertz CT molecular complexity index is 642. The average molecular weight is 399 g/mol. The third-order valence-electron chi connectivity index (χ3n) is 3.68. The van der Waals surface area contributed by atoms with Gasteiger partial charge in [-0.2, -0.15) is 0 Å². The zero-order valence-corrected chi connectivity index (χ0v) is 14.0. The topological polar surface area (TPSA) is 12.0 Å². The van der Waals surface area contributed by atoms with E-state index in [0.717, 1.165) is 33.9 Å². The Kier molecular flexibility index (Phi) is 4.13. The molecule has 0 heterocycles. The number of nitrogens with one attached hydrogen (secondary N) is 1. The molecule has 1 N–H and O–H groups in total. The van der Waals surface area contributed by atoms with E-state index < -0.39 is 0 Å². The molecule has 1 aliphatic carbocycles. The van der Waals surface area contributed by atoms with Gasteiger partial charge in [0.25, 0.3) is 0 Å². The predicted octanol–water partition coefficient (Wildman–Crippen LogP) is 5.32. The molecule has 1 atom stereocenters. The molecule has 0 saturated carbocycles. The van der Waals surface area contributed by atoms with Crippen LogP contribution < -0.4 is 5.32 Å². The Morgan fingerprint density at radius 3 is 2.75 bits per heavy atom. The fraction of sp³-hybridized carbons (Fsp3) is 0.250. The highest BCUT2D eigenvalue weighted by molar-refractivity contribution is 9.10. The SMILES string of the molecule is Fc1ccc(Br)c(NC2CCc3cc(Br)ccc3C2)c1. The molecular weight excluding hydrogens is 385 g/mol. The second-order valence-electron chi connectivity index (χ2n) is 5.12. The van der Waals surface area contributed by atoms with Crippen LogP contribution in [0, 0.1) is 5.82 Å². The van der Waals surface area contributed by atoms with Crippen molar-refractivity contribution in [3.8, 4) is 0 Å². The van der Waals surface area contributed by atoms with Crippen molar-refractivity contribution in [2.24, 2.45) is 0 Å². The summed E-state index contributed by atoms with van der Waals surface area (Å²) in [5.74, 6) is -0.212. The van der Waals surface area contributed by atoms with Crippen molar-refractivity contribution < 1.29 is 4.39 Å². The Labute approximate surface area is 134 Å². The number of fused-ring (bicyclic) bond motifs is 1. The van der Waals surface area contributed by atoms with Gasteiger partial charge in [0.2, 0.25) is 0 Å². The number of halogens is 3. The lowest BCUT2D eigenvalue weighted by Crippen LogP contribution is -2.27. The monoisotopic (exact) mass is 397 g/mol. The first kappa shape index (κ1) is 14.1. The van der Waals surface area contributed by atoms with Gasteiger partial charge in [-0.05, 0) is 76.7 Å². The smallest absolute Gasteiger partial charge is 0.125 e.